The van der Waals surface area contributed by atoms with E-state index in [-0.39, 0.29) is 55.8 Å². The number of Topliss-reactive ketones (excluding diaryl/α,β-unsaturated/α-hetero) is 3. The Bertz CT molecular complexity index is 1600. The third kappa shape index (κ3) is 61.5. The minimum absolute atomic E-state index is 0.00759. The van der Waals surface area contributed by atoms with Gasteiger partial charge in [0.05, 0.1) is 0 Å². The monoisotopic (exact) mass is 1160 g/mol. The summed E-state index contributed by atoms with van der Waals surface area (Å²) in [6.07, 6.45) is 85.5. The van der Waals surface area contributed by atoms with Crippen molar-refractivity contribution in [1.82, 2.24) is 0 Å². The van der Waals surface area contributed by atoms with E-state index in [9.17, 15) is 19.2 Å². The molecule has 0 atom stereocenters. The Morgan fingerprint density at radius 2 is 0.554 bits per heavy atom. The number of allylic oxidation sites excluding steroid dienone is 14. The topological polar surface area (TPSA) is 86.7 Å². The fourth-order valence-corrected chi connectivity index (χ4v) is 10.6. The number of ketones is 3. The second-order valence-corrected chi connectivity index (χ2v) is 24.4. The molecule has 0 spiro atoms. The van der Waals surface area contributed by atoms with Gasteiger partial charge in [0.25, 0.3) is 0 Å². The minimum Gasteiger partial charge on any atom is -0.463 e. The zero-order valence-electron chi connectivity index (χ0n) is 55.2. The van der Waals surface area contributed by atoms with Gasteiger partial charge in [-0.25, -0.2) is 0 Å². The molecular formula is C77H134O6. The van der Waals surface area contributed by atoms with Gasteiger partial charge in [0.1, 0.15) is 30.4 Å². The van der Waals surface area contributed by atoms with E-state index in [0.717, 1.165) is 167 Å². The predicted octanol–water partition coefficient (Wildman–Crippen LogP) is 24.3. The maximum Gasteiger partial charge on any atom is 0.305 e. The number of hydrogen-bond acceptors (Lipinski definition) is 6. The van der Waals surface area contributed by atoms with Crippen molar-refractivity contribution in [2.45, 2.75) is 367 Å². The minimum atomic E-state index is -1.35. The molecule has 0 aliphatic rings. The van der Waals surface area contributed by atoms with Crippen molar-refractivity contribution in [3.63, 3.8) is 0 Å². The third-order valence-electron chi connectivity index (χ3n) is 16.0. The Kier molecular flexibility index (Phi) is 63.5. The van der Waals surface area contributed by atoms with Crippen LogP contribution in [0.3, 0.4) is 0 Å². The molecule has 0 saturated carbocycles. The number of hydrogen-bond donors (Lipinski definition) is 0. The first-order chi connectivity index (χ1) is 40.8. The smallest absolute Gasteiger partial charge is 0.305 e. The second-order valence-electron chi connectivity index (χ2n) is 24.4. The fourth-order valence-electron chi connectivity index (χ4n) is 10.6. The lowest BCUT2D eigenvalue weighted by molar-refractivity contribution is -0.165. The van der Waals surface area contributed by atoms with Crippen LogP contribution >= 0.6 is 0 Å². The quantitative estimate of drug-likeness (QED) is 0.0261. The Balaban J connectivity index is 5.60. The van der Waals surface area contributed by atoms with Crippen LogP contribution < -0.4 is 0 Å². The average Bonchev–Trinajstić information content (AvgIpc) is 3.53. The van der Waals surface area contributed by atoms with E-state index in [0.29, 0.717) is 19.3 Å². The number of rotatable bonds is 66. The molecule has 0 aromatic heterocycles. The van der Waals surface area contributed by atoms with E-state index in [1.807, 2.05) is 0 Å². The van der Waals surface area contributed by atoms with E-state index in [2.05, 4.69) is 113 Å². The van der Waals surface area contributed by atoms with Crippen LogP contribution in [0, 0.1) is 0 Å². The van der Waals surface area contributed by atoms with Gasteiger partial charge in [-0.3, -0.25) is 19.2 Å². The van der Waals surface area contributed by atoms with E-state index >= 15 is 0 Å². The maximum absolute atomic E-state index is 14.0. The largest absolute Gasteiger partial charge is 0.463 e. The van der Waals surface area contributed by atoms with Crippen LogP contribution in [-0.4, -0.2) is 42.1 Å². The first kappa shape index (κ1) is 79.6. The Morgan fingerprint density at radius 1 is 0.289 bits per heavy atom. The van der Waals surface area contributed by atoms with Crippen molar-refractivity contribution in [3.05, 3.63) is 85.1 Å². The summed E-state index contributed by atoms with van der Waals surface area (Å²) in [5, 5.41) is 0. The summed E-state index contributed by atoms with van der Waals surface area (Å²) in [4.78, 5) is 54.9. The summed E-state index contributed by atoms with van der Waals surface area (Å²) >= 11 is 0. The molecule has 0 N–H and O–H groups in total. The average molecular weight is 1160 g/mol. The number of unbranched alkanes of at least 4 members (excludes halogenated alkanes) is 37. The lowest BCUT2D eigenvalue weighted by Gasteiger charge is -2.32. The predicted molar refractivity (Wildman–Crippen MR) is 361 cm³/mol. The van der Waals surface area contributed by atoms with Gasteiger partial charge >= 0.3 is 5.97 Å². The van der Waals surface area contributed by atoms with Crippen molar-refractivity contribution in [3.8, 4) is 0 Å². The molecule has 0 aliphatic carbocycles. The summed E-state index contributed by atoms with van der Waals surface area (Å²) in [7, 11) is 0. The normalized spacial score (nSPS) is 13.0. The van der Waals surface area contributed by atoms with Gasteiger partial charge in [-0.1, -0.05) is 273 Å². The van der Waals surface area contributed by atoms with Crippen LogP contribution in [0.4, 0.5) is 0 Å². The van der Waals surface area contributed by atoms with Gasteiger partial charge in [0.15, 0.2) is 5.78 Å². The summed E-state index contributed by atoms with van der Waals surface area (Å²) in [6, 6.07) is 0. The van der Waals surface area contributed by atoms with Gasteiger partial charge in [-0.05, 0) is 135 Å². The molecule has 0 aromatic carbocycles. The van der Waals surface area contributed by atoms with Crippen molar-refractivity contribution in [2.24, 2.45) is 0 Å². The van der Waals surface area contributed by atoms with Crippen molar-refractivity contribution < 1.29 is 28.7 Å². The van der Waals surface area contributed by atoms with Crippen LogP contribution in [0.15, 0.2) is 85.1 Å². The number of carbonyl (C=O) groups excluding carboxylic acids is 4. The SMILES string of the molecule is CCCCCC=CCC=CCCCCCCCC(=O)OCC(CC(=O)CCCCCCCC=CC=CCCCCCC)(CC(=O)CCCCCCCC=CC=CCCCCCC)OCC(=O)CCCCCCCC=CCCCCCCCC. The van der Waals surface area contributed by atoms with E-state index in [1.54, 1.807) is 0 Å². The molecule has 0 bridgehead atoms. The molecule has 0 heterocycles. The molecule has 0 amide bonds. The van der Waals surface area contributed by atoms with Crippen LogP contribution in [0.1, 0.15) is 362 Å². The van der Waals surface area contributed by atoms with Crippen molar-refractivity contribution in [2.75, 3.05) is 13.2 Å². The lowest BCUT2D eigenvalue weighted by atomic mass is 9.88. The third-order valence-corrected chi connectivity index (χ3v) is 16.0. The standard InChI is InChI=1S/C77H134O6/c1-5-9-13-17-21-25-29-33-37-41-45-49-53-57-61-65-73(78)69-77(70-74(79)66-62-58-54-50-46-42-38-34-30-26-22-18-14-10-6-2,72-82-76(81)68-64-60-56-52-48-44-40-36-32-28-24-20-16-12-8-4)83-71-75(80)67-63-59-55-51-47-43-39-35-31-27-23-19-15-11-7-3/h24-26,28-30,33-40H,5-23,27,31-32,41-72H2,1-4H3. The Morgan fingerprint density at radius 3 is 0.928 bits per heavy atom. The van der Waals surface area contributed by atoms with E-state index in [4.69, 9.17) is 9.47 Å². The van der Waals surface area contributed by atoms with E-state index in [1.165, 1.54) is 128 Å². The molecule has 0 rings (SSSR count). The van der Waals surface area contributed by atoms with Crippen LogP contribution in [-0.2, 0) is 28.7 Å². The van der Waals surface area contributed by atoms with Gasteiger partial charge in [-0.2, -0.15) is 0 Å². The maximum atomic E-state index is 14.0. The highest BCUT2D eigenvalue weighted by Crippen LogP contribution is 2.27. The number of esters is 1. The van der Waals surface area contributed by atoms with Gasteiger partial charge < -0.3 is 9.47 Å². The molecule has 0 fully saturated rings. The first-order valence-electron chi connectivity index (χ1n) is 35.7. The highest BCUT2D eigenvalue weighted by atomic mass is 16.6. The highest BCUT2D eigenvalue weighted by molar-refractivity contribution is 5.84. The summed E-state index contributed by atoms with van der Waals surface area (Å²) in [6.45, 7) is 8.64. The van der Waals surface area contributed by atoms with Crippen LogP contribution in [0.5, 0.6) is 0 Å². The highest BCUT2D eigenvalue weighted by Gasteiger charge is 2.38. The summed E-state index contributed by atoms with van der Waals surface area (Å²) in [5.41, 5.74) is -1.35. The molecular weight excluding hydrogens is 1020 g/mol. The lowest BCUT2D eigenvalue weighted by Crippen LogP contribution is -2.44. The zero-order chi connectivity index (χ0) is 60.3. The molecule has 478 valence electrons. The van der Waals surface area contributed by atoms with Crippen molar-refractivity contribution in [1.29, 1.82) is 0 Å². The van der Waals surface area contributed by atoms with Gasteiger partial charge in [0, 0.05) is 38.5 Å². The van der Waals surface area contributed by atoms with Gasteiger partial charge in [0.2, 0.25) is 0 Å². The summed E-state index contributed by atoms with van der Waals surface area (Å²) in [5.74, 6) is -0.337. The van der Waals surface area contributed by atoms with Crippen LogP contribution in [0.25, 0.3) is 0 Å². The van der Waals surface area contributed by atoms with E-state index < -0.39 is 5.60 Å². The molecule has 83 heavy (non-hydrogen) atoms. The molecule has 0 saturated heterocycles. The molecule has 0 unspecified atom stereocenters. The Labute approximate surface area is 515 Å². The van der Waals surface area contributed by atoms with Crippen LogP contribution in [0.2, 0.25) is 0 Å². The molecule has 0 radical (unpaired) electrons. The van der Waals surface area contributed by atoms with Gasteiger partial charge in [-0.15, -0.1) is 0 Å². The fraction of sp³-hybridized carbons (Fsp3) is 0.766. The number of carbonyl (C=O) groups is 4. The molecule has 6 heteroatoms. The molecule has 0 aliphatic heterocycles. The summed E-state index contributed by atoms with van der Waals surface area (Å²) < 4.78 is 12.5. The Hall–Kier alpha value is -3.38. The first-order valence-corrected chi connectivity index (χ1v) is 35.7. The van der Waals surface area contributed by atoms with Crippen molar-refractivity contribution >= 4 is 23.3 Å². The zero-order valence-corrected chi connectivity index (χ0v) is 55.2. The molecule has 6 nitrogen and oxygen atoms in total. The number of ether oxygens (including phenoxy) is 2. The molecule has 0 aromatic rings. The second kappa shape index (κ2) is 66.2.